The summed E-state index contributed by atoms with van der Waals surface area (Å²) in [5.74, 6) is 0.833. The van der Waals surface area contributed by atoms with Crippen LogP contribution in [0.5, 0.6) is 5.75 Å². The summed E-state index contributed by atoms with van der Waals surface area (Å²) >= 11 is 0. The smallest absolute Gasteiger partial charge is 0.257 e. The van der Waals surface area contributed by atoms with Crippen molar-refractivity contribution in [1.82, 2.24) is 9.88 Å². The SMILES string of the molecule is O=C(C[C@H]1CC2(CCN(C(=O)c3ccoc3)CC2)Oc2ccccc21)Nc1cccnc1. The number of carbonyl (C=O) groups excluding carboxylic acids is 2. The summed E-state index contributed by atoms with van der Waals surface area (Å²) in [5.41, 5.74) is 1.96. The molecule has 0 radical (unpaired) electrons. The highest BCUT2D eigenvalue weighted by Gasteiger charge is 2.44. The average Bonchev–Trinajstić information content (AvgIpc) is 3.35. The summed E-state index contributed by atoms with van der Waals surface area (Å²) in [6, 6.07) is 13.3. The van der Waals surface area contributed by atoms with Crippen LogP contribution in [-0.4, -0.2) is 40.4 Å². The van der Waals surface area contributed by atoms with E-state index in [1.165, 1.54) is 12.5 Å². The highest BCUT2D eigenvalue weighted by molar-refractivity contribution is 5.94. The van der Waals surface area contributed by atoms with Gasteiger partial charge in [-0.1, -0.05) is 18.2 Å². The van der Waals surface area contributed by atoms with E-state index in [0.717, 1.165) is 30.6 Å². The second-order valence-electron chi connectivity index (χ2n) is 8.52. The Bertz CT molecular complexity index is 1090. The van der Waals surface area contributed by atoms with E-state index in [1.54, 1.807) is 24.5 Å². The Morgan fingerprint density at radius 1 is 1.12 bits per heavy atom. The van der Waals surface area contributed by atoms with Crippen molar-refractivity contribution in [2.45, 2.75) is 37.2 Å². The van der Waals surface area contributed by atoms with Crippen LogP contribution in [-0.2, 0) is 4.79 Å². The van der Waals surface area contributed by atoms with Crippen molar-refractivity contribution >= 4 is 17.5 Å². The largest absolute Gasteiger partial charge is 0.487 e. The second-order valence-corrected chi connectivity index (χ2v) is 8.52. The molecule has 164 valence electrons. The fourth-order valence-electron chi connectivity index (χ4n) is 4.79. The lowest BCUT2D eigenvalue weighted by Crippen LogP contribution is -2.52. The first-order valence-electron chi connectivity index (χ1n) is 10.9. The van der Waals surface area contributed by atoms with Crippen LogP contribution in [0.15, 0.2) is 71.8 Å². The van der Waals surface area contributed by atoms with Gasteiger partial charge in [0.05, 0.1) is 23.7 Å². The fraction of sp³-hybridized carbons (Fsp3) is 0.320. The number of para-hydroxylation sites is 1. The average molecular weight is 431 g/mol. The number of carbonyl (C=O) groups is 2. The number of aromatic nitrogens is 1. The number of nitrogens with zero attached hydrogens (tertiary/aromatic N) is 2. The molecule has 1 N–H and O–H groups in total. The number of pyridine rings is 1. The second kappa shape index (κ2) is 8.49. The minimum atomic E-state index is -0.374. The van der Waals surface area contributed by atoms with Gasteiger partial charge >= 0.3 is 0 Å². The summed E-state index contributed by atoms with van der Waals surface area (Å²) in [7, 11) is 0. The summed E-state index contributed by atoms with van der Waals surface area (Å²) in [4.78, 5) is 31.4. The van der Waals surface area contributed by atoms with Crippen molar-refractivity contribution in [3.8, 4) is 5.75 Å². The number of piperidine rings is 1. The van der Waals surface area contributed by atoms with E-state index in [0.29, 0.717) is 30.8 Å². The van der Waals surface area contributed by atoms with Gasteiger partial charge in [-0.2, -0.15) is 0 Å². The maximum Gasteiger partial charge on any atom is 0.257 e. The van der Waals surface area contributed by atoms with Crippen LogP contribution in [0.25, 0.3) is 0 Å². The van der Waals surface area contributed by atoms with Gasteiger partial charge in [0.1, 0.15) is 17.6 Å². The Kier molecular flexibility index (Phi) is 5.39. The van der Waals surface area contributed by atoms with Crippen LogP contribution in [0, 0.1) is 0 Å². The predicted molar refractivity (Wildman–Crippen MR) is 118 cm³/mol. The van der Waals surface area contributed by atoms with Gasteiger partial charge in [0.15, 0.2) is 0 Å². The van der Waals surface area contributed by atoms with E-state index in [9.17, 15) is 9.59 Å². The van der Waals surface area contributed by atoms with Gasteiger partial charge in [-0.25, -0.2) is 0 Å². The first kappa shape index (κ1) is 20.3. The number of nitrogens with one attached hydrogen (secondary N) is 1. The zero-order chi connectivity index (χ0) is 22.0. The number of ether oxygens (including phenoxy) is 1. The van der Waals surface area contributed by atoms with Gasteiger partial charge in [0.2, 0.25) is 5.91 Å². The van der Waals surface area contributed by atoms with E-state index >= 15 is 0 Å². The molecule has 5 rings (SSSR count). The highest BCUT2D eigenvalue weighted by atomic mass is 16.5. The maximum atomic E-state index is 12.8. The van der Waals surface area contributed by atoms with Crippen molar-refractivity contribution in [3.63, 3.8) is 0 Å². The molecule has 1 spiro atoms. The maximum absolute atomic E-state index is 12.8. The summed E-state index contributed by atoms with van der Waals surface area (Å²) in [6.07, 6.45) is 8.89. The predicted octanol–water partition coefficient (Wildman–Crippen LogP) is 4.24. The van der Waals surface area contributed by atoms with Crippen LogP contribution < -0.4 is 10.1 Å². The van der Waals surface area contributed by atoms with E-state index in [2.05, 4.69) is 10.3 Å². The van der Waals surface area contributed by atoms with E-state index < -0.39 is 0 Å². The molecule has 0 bridgehead atoms. The number of furan rings is 1. The molecular formula is C25H25N3O4. The number of likely N-dealkylation sites (tertiary alicyclic amines) is 1. The van der Waals surface area contributed by atoms with Crippen molar-refractivity contribution in [2.75, 3.05) is 18.4 Å². The van der Waals surface area contributed by atoms with Gasteiger partial charge in [-0.15, -0.1) is 0 Å². The highest BCUT2D eigenvalue weighted by Crippen LogP contribution is 2.46. The van der Waals surface area contributed by atoms with Gasteiger partial charge in [0, 0.05) is 44.5 Å². The van der Waals surface area contributed by atoms with E-state index in [4.69, 9.17) is 9.15 Å². The topological polar surface area (TPSA) is 84.7 Å². The van der Waals surface area contributed by atoms with Crippen molar-refractivity contribution in [3.05, 3.63) is 78.5 Å². The number of hydrogen-bond acceptors (Lipinski definition) is 5. The lowest BCUT2D eigenvalue weighted by Gasteiger charge is -2.46. The lowest BCUT2D eigenvalue weighted by molar-refractivity contribution is -0.117. The Balaban J connectivity index is 1.30. The Morgan fingerprint density at radius 2 is 1.97 bits per heavy atom. The molecule has 0 saturated carbocycles. The zero-order valence-corrected chi connectivity index (χ0v) is 17.7. The van der Waals surface area contributed by atoms with E-state index in [1.807, 2.05) is 35.2 Å². The Morgan fingerprint density at radius 3 is 2.72 bits per heavy atom. The zero-order valence-electron chi connectivity index (χ0n) is 17.7. The number of hydrogen-bond donors (Lipinski definition) is 1. The molecule has 1 fully saturated rings. The van der Waals surface area contributed by atoms with Crippen molar-refractivity contribution in [1.29, 1.82) is 0 Å². The molecule has 1 atom stereocenters. The lowest BCUT2D eigenvalue weighted by atomic mass is 9.76. The molecule has 2 aliphatic rings. The standard InChI is InChI=1S/C25H25N3O4/c29-23(27-20-4-3-10-26-16-20)14-19-15-25(32-22-6-2-1-5-21(19)22)8-11-28(12-9-25)24(30)18-7-13-31-17-18/h1-7,10,13,16-17,19H,8-9,11-12,14-15H2,(H,27,29)/t19-/m0/s1. The molecule has 7 heteroatoms. The number of anilines is 1. The number of amides is 2. The molecule has 0 unspecified atom stereocenters. The van der Waals surface area contributed by atoms with Crippen molar-refractivity contribution in [2.24, 2.45) is 0 Å². The molecule has 32 heavy (non-hydrogen) atoms. The number of benzene rings is 1. The van der Waals surface area contributed by atoms with Gasteiger partial charge in [-0.05, 0) is 36.2 Å². The summed E-state index contributed by atoms with van der Waals surface area (Å²) < 4.78 is 11.6. The minimum absolute atomic E-state index is 0.0165. The van der Waals surface area contributed by atoms with Crippen LogP contribution >= 0.6 is 0 Å². The molecule has 2 aliphatic heterocycles. The molecular weight excluding hydrogens is 406 g/mol. The molecule has 0 aliphatic carbocycles. The number of fused-ring (bicyclic) bond motifs is 1. The quantitative estimate of drug-likeness (QED) is 0.668. The molecule has 1 aromatic carbocycles. The Labute approximate surface area is 186 Å². The first-order chi connectivity index (χ1) is 15.6. The third-order valence-corrected chi connectivity index (χ3v) is 6.41. The minimum Gasteiger partial charge on any atom is -0.487 e. The van der Waals surface area contributed by atoms with Crippen molar-refractivity contribution < 1.29 is 18.7 Å². The molecule has 4 heterocycles. The molecule has 2 aromatic heterocycles. The van der Waals surface area contributed by atoms with Crippen LogP contribution in [0.2, 0.25) is 0 Å². The molecule has 7 nitrogen and oxygen atoms in total. The third kappa shape index (κ3) is 4.10. The van der Waals surface area contributed by atoms with Crippen LogP contribution in [0.4, 0.5) is 5.69 Å². The monoisotopic (exact) mass is 431 g/mol. The van der Waals surface area contributed by atoms with Crippen LogP contribution in [0.1, 0.15) is 47.5 Å². The molecule has 1 saturated heterocycles. The molecule has 2 amide bonds. The summed E-state index contributed by atoms with van der Waals surface area (Å²) in [5, 5.41) is 2.94. The first-order valence-corrected chi connectivity index (χ1v) is 10.9. The third-order valence-electron chi connectivity index (χ3n) is 6.41. The van der Waals surface area contributed by atoms with E-state index in [-0.39, 0.29) is 23.3 Å². The number of rotatable bonds is 4. The van der Waals surface area contributed by atoms with Gasteiger partial charge < -0.3 is 19.4 Å². The van der Waals surface area contributed by atoms with Gasteiger partial charge in [-0.3, -0.25) is 14.6 Å². The molecule has 3 aromatic rings. The Hall–Kier alpha value is -3.61. The van der Waals surface area contributed by atoms with Crippen LogP contribution in [0.3, 0.4) is 0 Å². The summed E-state index contributed by atoms with van der Waals surface area (Å²) in [6.45, 7) is 1.22. The fourth-order valence-corrected chi connectivity index (χ4v) is 4.79. The van der Waals surface area contributed by atoms with Gasteiger partial charge in [0.25, 0.3) is 5.91 Å². The normalized spacial score (nSPS) is 19.1.